The van der Waals surface area contributed by atoms with Crippen molar-refractivity contribution < 1.29 is 27.4 Å². The molecule has 0 aliphatic carbocycles. The summed E-state index contributed by atoms with van der Waals surface area (Å²) in [6.07, 6.45) is -4.15. The molecule has 1 fully saturated rings. The van der Waals surface area contributed by atoms with E-state index in [1.54, 1.807) is 4.90 Å². The van der Waals surface area contributed by atoms with Crippen molar-refractivity contribution in [1.82, 2.24) is 14.5 Å². The number of amides is 1. The van der Waals surface area contributed by atoms with Gasteiger partial charge in [-0.2, -0.15) is 0 Å². The van der Waals surface area contributed by atoms with Gasteiger partial charge in [0.15, 0.2) is 5.16 Å². The van der Waals surface area contributed by atoms with Gasteiger partial charge in [-0.3, -0.25) is 14.2 Å². The van der Waals surface area contributed by atoms with Crippen LogP contribution in [-0.2, 0) is 16.0 Å². The number of hydrogen-bond acceptors (Lipinski definition) is 7. The van der Waals surface area contributed by atoms with Crippen molar-refractivity contribution >= 4 is 29.4 Å². The molecule has 0 saturated carbocycles. The Morgan fingerprint density at radius 2 is 1.94 bits per heavy atom. The molecular formula is C19H18F3N3O4S2. The van der Waals surface area contributed by atoms with Gasteiger partial charge in [-0.1, -0.05) is 11.8 Å². The molecule has 0 N–H and O–H groups in total. The minimum atomic E-state index is -4.80. The van der Waals surface area contributed by atoms with Crippen molar-refractivity contribution in [3.63, 3.8) is 0 Å². The van der Waals surface area contributed by atoms with E-state index in [1.807, 2.05) is 0 Å². The second-order valence-electron chi connectivity index (χ2n) is 6.73. The Morgan fingerprint density at radius 1 is 1.23 bits per heavy atom. The quantitative estimate of drug-likeness (QED) is 0.488. The summed E-state index contributed by atoms with van der Waals surface area (Å²) < 4.78 is 47.8. The number of alkyl halides is 3. The van der Waals surface area contributed by atoms with Crippen LogP contribution in [0.4, 0.5) is 13.2 Å². The van der Waals surface area contributed by atoms with Crippen molar-refractivity contribution in [2.24, 2.45) is 0 Å². The van der Waals surface area contributed by atoms with E-state index in [4.69, 9.17) is 4.74 Å². The van der Waals surface area contributed by atoms with Crippen LogP contribution in [-0.4, -0.2) is 64.5 Å². The molecule has 1 saturated heterocycles. The number of morpholine rings is 1. The number of aryl methyl sites for hydroxylation is 1. The van der Waals surface area contributed by atoms with Gasteiger partial charge in [-0.15, -0.1) is 24.9 Å². The number of halogens is 3. The van der Waals surface area contributed by atoms with E-state index in [1.165, 1.54) is 28.5 Å². The zero-order valence-electron chi connectivity index (χ0n) is 16.2. The van der Waals surface area contributed by atoms with Crippen molar-refractivity contribution in [3.8, 4) is 11.4 Å². The van der Waals surface area contributed by atoms with Crippen LogP contribution in [0, 0.1) is 0 Å². The highest BCUT2D eigenvalue weighted by molar-refractivity contribution is 8.00. The summed E-state index contributed by atoms with van der Waals surface area (Å²) >= 11 is 2.54. The molecule has 2 aliphatic rings. The van der Waals surface area contributed by atoms with E-state index in [9.17, 15) is 22.8 Å². The fraction of sp³-hybridized carbons (Fsp3) is 0.421. The number of carbonyl (C=O) groups excluding carboxylic acids is 1. The lowest BCUT2D eigenvalue weighted by molar-refractivity contribution is -0.274. The molecule has 12 heteroatoms. The summed E-state index contributed by atoms with van der Waals surface area (Å²) in [6, 6.07) is 5.01. The summed E-state index contributed by atoms with van der Waals surface area (Å²) in [5, 5.41) is 0.331. The van der Waals surface area contributed by atoms with Crippen LogP contribution in [0.15, 0.2) is 39.1 Å². The zero-order chi connectivity index (χ0) is 22.0. The lowest BCUT2D eigenvalue weighted by atomic mass is 10.3. The molecule has 0 spiro atoms. The third-order valence-electron chi connectivity index (χ3n) is 4.68. The third-order valence-corrected chi connectivity index (χ3v) is 6.71. The maximum absolute atomic E-state index is 13.1. The Bertz CT molecular complexity index is 1020. The number of carbonyl (C=O) groups is 1. The summed E-state index contributed by atoms with van der Waals surface area (Å²) in [5.41, 5.74) is 0.742. The Morgan fingerprint density at radius 3 is 2.61 bits per heavy atom. The van der Waals surface area contributed by atoms with Crippen molar-refractivity contribution in [3.05, 3.63) is 40.3 Å². The number of ether oxygens (including phenoxy) is 2. The SMILES string of the molecule is O=C(CSc1nc2c(c(=O)n1-c1ccc(OC(F)(F)F)cc1)SCC2)N1CCOCC1. The first-order valence-corrected chi connectivity index (χ1v) is 11.4. The molecule has 0 unspecified atom stereocenters. The average molecular weight is 473 g/mol. The second-order valence-corrected chi connectivity index (χ2v) is 8.78. The molecule has 1 aromatic carbocycles. The van der Waals surface area contributed by atoms with E-state index >= 15 is 0 Å². The molecule has 0 atom stereocenters. The van der Waals surface area contributed by atoms with Crippen LogP contribution in [0.5, 0.6) is 5.75 Å². The van der Waals surface area contributed by atoms with Crippen molar-refractivity contribution in [2.45, 2.75) is 22.8 Å². The first kappa shape index (κ1) is 22.0. The van der Waals surface area contributed by atoms with Crippen LogP contribution in [0.2, 0.25) is 0 Å². The van der Waals surface area contributed by atoms with Gasteiger partial charge in [0.05, 0.1) is 35.2 Å². The lowest BCUT2D eigenvalue weighted by Crippen LogP contribution is -2.41. The molecule has 0 bridgehead atoms. The van der Waals surface area contributed by atoms with Gasteiger partial charge >= 0.3 is 6.36 Å². The minimum Gasteiger partial charge on any atom is -0.406 e. The fourth-order valence-corrected chi connectivity index (χ4v) is 5.20. The highest BCUT2D eigenvalue weighted by Gasteiger charge is 2.31. The van der Waals surface area contributed by atoms with Crippen LogP contribution >= 0.6 is 23.5 Å². The van der Waals surface area contributed by atoms with E-state index in [2.05, 4.69) is 9.72 Å². The van der Waals surface area contributed by atoms with Crippen LogP contribution in [0.3, 0.4) is 0 Å². The topological polar surface area (TPSA) is 73.7 Å². The van der Waals surface area contributed by atoms with E-state index < -0.39 is 6.36 Å². The van der Waals surface area contributed by atoms with Crippen LogP contribution < -0.4 is 10.3 Å². The van der Waals surface area contributed by atoms with Crippen LogP contribution in [0.1, 0.15) is 5.69 Å². The monoisotopic (exact) mass is 473 g/mol. The molecule has 2 aromatic rings. The molecular weight excluding hydrogens is 455 g/mol. The van der Waals surface area contributed by atoms with E-state index in [0.717, 1.165) is 29.6 Å². The molecule has 1 aromatic heterocycles. The molecule has 3 heterocycles. The zero-order valence-corrected chi connectivity index (χ0v) is 17.8. The van der Waals surface area contributed by atoms with Gasteiger partial charge < -0.3 is 14.4 Å². The number of hydrogen-bond donors (Lipinski definition) is 0. The molecule has 2 aliphatic heterocycles. The second kappa shape index (κ2) is 9.13. The van der Waals surface area contributed by atoms with Crippen molar-refractivity contribution in [2.75, 3.05) is 37.8 Å². The van der Waals surface area contributed by atoms with E-state index in [-0.39, 0.29) is 23.0 Å². The third kappa shape index (κ3) is 5.18. The largest absolute Gasteiger partial charge is 0.573 e. The first-order chi connectivity index (χ1) is 14.8. The number of rotatable bonds is 5. The number of aromatic nitrogens is 2. The van der Waals surface area contributed by atoms with Gasteiger partial charge in [-0.05, 0) is 24.3 Å². The minimum absolute atomic E-state index is 0.0853. The van der Waals surface area contributed by atoms with E-state index in [0.29, 0.717) is 54.2 Å². The Kier molecular flexibility index (Phi) is 6.49. The Labute approximate surface area is 183 Å². The predicted octanol–water partition coefficient (Wildman–Crippen LogP) is 2.73. The fourth-order valence-electron chi connectivity index (χ4n) is 3.24. The summed E-state index contributed by atoms with van der Waals surface area (Å²) in [6.45, 7) is 2.01. The molecule has 4 rings (SSSR count). The average Bonchev–Trinajstić information content (AvgIpc) is 3.21. The van der Waals surface area contributed by atoms with Crippen molar-refractivity contribution in [1.29, 1.82) is 0 Å². The Hall–Kier alpha value is -2.18. The van der Waals surface area contributed by atoms with Gasteiger partial charge in [0.1, 0.15) is 5.75 Å². The summed E-state index contributed by atoms with van der Waals surface area (Å²) in [5.74, 6) is 0.354. The standard InChI is InChI=1S/C19H18F3N3O4S2/c20-19(21,22)29-13-3-1-12(2-4-13)25-17(27)16-14(5-10-30-16)23-18(25)31-11-15(26)24-6-8-28-9-7-24/h1-4H,5-11H2. The molecule has 31 heavy (non-hydrogen) atoms. The smallest absolute Gasteiger partial charge is 0.406 e. The molecule has 1 amide bonds. The lowest BCUT2D eigenvalue weighted by Gasteiger charge is -2.26. The highest BCUT2D eigenvalue weighted by atomic mass is 32.2. The Balaban J connectivity index is 1.62. The first-order valence-electron chi connectivity index (χ1n) is 9.45. The highest BCUT2D eigenvalue weighted by Crippen LogP contribution is 2.31. The van der Waals surface area contributed by atoms with Gasteiger partial charge in [0.25, 0.3) is 5.56 Å². The maximum Gasteiger partial charge on any atom is 0.573 e. The van der Waals surface area contributed by atoms with Gasteiger partial charge in [0, 0.05) is 25.3 Å². The number of fused-ring (bicyclic) bond motifs is 1. The maximum atomic E-state index is 13.1. The number of benzene rings is 1. The molecule has 166 valence electrons. The predicted molar refractivity (Wildman–Crippen MR) is 109 cm³/mol. The summed E-state index contributed by atoms with van der Waals surface area (Å²) in [7, 11) is 0. The molecule has 0 radical (unpaired) electrons. The van der Waals surface area contributed by atoms with Crippen LogP contribution in [0.25, 0.3) is 5.69 Å². The molecule has 7 nitrogen and oxygen atoms in total. The van der Waals surface area contributed by atoms with Gasteiger partial charge in [-0.25, -0.2) is 4.98 Å². The number of nitrogens with zero attached hydrogens (tertiary/aromatic N) is 3. The number of thioether (sulfide) groups is 2. The van der Waals surface area contributed by atoms with Gasteiger partial charge in [0.2, 0.25) is 5.91 Å². The normalized spacial score (nSPS) is 16.3. The summed E-state index contributed by atoms with van der Waals surface area (Å²) in [4.78, 5) is 32.4.